The van der Waals surface area contributed by atoms with Crippen molar-refractivity contribution in [1.82, 2.24) is 4.90 Å². The van der Waals surface area contributed by atoms with Gasteiger partial charge in [-0.3, -0.25) is 9.69 Å². The van der Waals surface area contributed by atoms with E-state index in [4.69, 9.17) is 9.16 Å². The van der Waals surface area contributed by atoms with Crippen molar-refractivity contribution in [1.29, 1.82) is 0 Å². The van der Waals surface area contributed by atoms with E-state index in [0.29, 0.717) is 13.0 Å². The number of aldehydes is 1. The van der Waals surface area contributed by atoms with Crippen molar-refractivity contribution < 1.29 is 18.8 Å². The van der Waals surface area contributed by atoms with Crippen molar-refractivity contribution in [2.24, 2.45) is 11.3 Å². The van der Waals surface area contributed by atoms with Crippen molar-refractivity contribution in [2.75, 3.05) is 6.54 Å². The summed E-state index contributed by atoms with van der Waals surface area (Å²) in [6.07, 6.45) is 0.848. The van der Waals surface area contributed by atoms with E-state index in [0.717, 1.165) is 6.29 Å². The zero-order valence-electron chi connectivity index (χ0n) is 15.2. The number of hydrogen-bond donors (Lipinski definition) is 0. The van der Waals surface area contributed by atoms with E-state index in [9.17, 15) is 9.59 Å². The molecule has 0 N–H and O–H groups in total. The Morgan fingerprint density at radius 3 is 2.14 bits per heavy atom. The lowest BCUT2D eigenvalue weighted by Gasteiger charge is -2.36. The van der Waals surface area contributed by atoms with Gasteiger partial charge in [0.2, 0.25) is 0 Å². The predicted molar refractivity (Wildman–Crippen MR) is 89.3 cm³/mol. The van der Waals surface area contributed by atoms with Crippen LogP contribution >= 0.6 is 0 Å². The average Bonchev–Trinajstić information content (AvgIpc) is 2.65. The normalized spacial score (nSPS) is 26.4. The third kappa shape index (κ3) is 4.55. The maximum absolute atomic E-state index is 12.6. The zero-order chi connectivity index (χ0) is 17.3. The van der Waals surface area contributed by atoms with Gasteiger partial charge in [-0.25, -0.2) is 4.79 Å². The topological polar surface area (TPSA) is 55.8 Å². The number of carbonyl (C=O) groups is 2. The summed E-state index contributed by atoms with van der Waals surface area (Å²) < 4.78 is 11.5. The molecule has 0 aliphatic carbocycles. The number of hydrogen-bond acceptors (Lipinski definition) is 4. The Balaban J connectivity index is 3.12. The van der Waals surface area contributed by atoms with E-state index in [1.807, 2.05) is 33.9 Å². The average molecular weight is 330 g/mol. The maximum Gasteiger partial charge on any atom is 0.412 e. The molecule has 0 radical (unpaired) electrons. The molecule has 1 amide bonds. The first-order valence-electron chi connectivity index (χ1n) is 7.95. The molecule has 0 spiro atoms. The van der Waals surface area contributed by atoms with Crippen LogP contribution in [0.2, 0.25) is 13.1 Å². The first kappa shape index (κ1) is 19.2. The van der Waals surface area contributed by atoms with Gasteiger partial charge in [0.05, 0.1) is 0 Å². The van der Waals surface area contributed by atoms with Gasteiger partial charge in [0.15, 0.2) is 21.1 Å². The van der Waals surface area contributed by atoms with Gasteiger partial charge in [-0.05, 0) is 45.2 Å². The molecule has 0 bridgehead atoms. The van der Waals surface area contributed by atoms with Crippen molar-refractivity contribution in [2.45, 2.75) is 72.4 Å². The Hall–Kier alpha value is -0.883. The summed E-state index contributed by atoms with van der Waals surface area (Å²) in [5, 5.41) is 0. The van der Waals surface area contributed by atoms with E-state index < -0.39 is 26.5 Å². The lowest BCUT2D eigenvalue weighted by atomic mass is 9.79. The zero-order valence-corrected chi connectivity index (χ0v) is 16.4. The molecule has 0 unspecified atom stereocenters. The highest BCUT2D eigenvalue weighted by Gasteiger charge is 2.53. The van der Waals surface area contributed by atoms with Crippen LogP contribution in [-0.2, 0) is 14.0 Å². The molecule has 2 atom stereocenters. The number of nitrogens with zero attached hydrogens (tertiary/aromatic N) is 1. The molecule has 6 heteroatoms. The Bertz CT molecular complexity index is 425. The fourth-order valence-corrected chi connectivity index (χ4v) is 3.78. The molecule has 1 saturated heterocycles. The van der Waals surface area contributed by atoms with Crippen LogP contribution in [0.5, 0.6) is 0 Å². The molecule has 1 aliphatic rings. The molecule has 0 aromatic heterocycles. The van der Waals surface area contributed by atoms with E-state index in [2.05, 4.69) is 20.8 Å². The fourth-order valence-electron chi connectivity index (χ4n) is 2.69. The second-order valence-electron chi connectivity index (χ2n) is 8.49. The number of rotatable bonds is 3. The van der Waals surface area contributed by atoms with Crippen molar-refractivity contribution in [3.8, 4) is 0 Å². The van der Waals surface area contributed by atoms with Gasteiger partial charge in [0.1, 0.15) is 5.60 Å². The molecular formula is C16H31NO4Si. The molecule has 0 aromatic carbocycles. The quantitative estimate of drug-likeness (QED) is 0.589. The Morgan fingerprint density at radius 2 is 1.77 bits per heavy atom. The van der Waals surface area contributed by atoms with Gasteiger partial charge in [0.25, 0.3) is 0 Å². The first-order chi connectivity index (χ1) is 9.81. The van der Waals surface area contributed by atoms with Gasteiger partial charge in [-0.15, -0.1) is 0 Å². The van der Waals surface area contributed by atoms with Crippen LogP contribution < -0.4 is 0 Å². The van der Waals surface area contributed by atoms with Crippen LogP contribution in [0.4, 0.5) is 4.79 Å². The van der Waals surface area contributed by atoms with E-state index in [-0.39, 0.29) is 11.3 Å². The monoisotopic (exact) mass is 329 g/mol. The van der Waals surface area contributed by atoms with Crippen LogP contribution in [0.3, 0.4) is 0 Å². The number of amides is 1. The van der Waals surface area contributed by atoms with Crippen molar-refractivity contribution in [3.63, 3.8) is 0 Å². The Labute approximate surface area is 136 Å². The van der Waals surface area contributed by atoms with Crippen LogP contribution in [0.25, 0.3) is 0 Å². The van der Waals surface area contributed by atoms with E-state index in [1.54, 1.807) is 0 Å². The number of likely N-dealkylation sites (tertiary alicyclic amines) is 1. The van der Waals surface area contributed by atoms with Crippen molar-refractivity contribution in [3.05, 3.63) is 0 Å². The highest BCUT2D eigenvalue weighted by Crippen LogP contribution is 2.42. The van der Waals surface area contributed by atoms with Gasteiger partial charge < -0.3 is 9.16 Å². The maximum atomic E-state index is 12.6. The van der Waals surface area contributed by atoms with Crippen LogP contribution in [0, 0.1) is 11.3 Å². The van der Waals surface area contributed by atoms with Gasteiger partial charge in [0, 0.05) is 13.0 Å². The second kappa shape index (κ2) is 6.32. The Morgan fingerprint density at radius 1 is 1.23 bits per heavy atom. The molecule has 22 heavy (non-hydrogen) atoms. The smallest absolute Gasteiger partial charge is 0.412 e. The second-order valence-corrected chi connectivity index (χ2v) is 10.8. The Kier molecular flexibility index (Phi) is 5.50. The number of ether oxygens (including phenoxy) is 1. The first-order valence-corrected chi connectivity index (χ1v) is 10.7. The summed E-state index contributed by atoms with van der Waals surface area (Å²) in [6, 6.07) is 0. The summed E-state index contributed by atoms with van der Waals surface area (Å²) in [7, 11) is -1.50. The van der Waals surface area contributed by atoms with Crippen LogP contribution in [-0.4, -0.2) is 44.2 Å². The van der Waals surface area contributed by atoms with E-state index in [1.165, 1.54) is 4.90 Å². The third-order valence-corrected chi connectivity index (χ3v) is 4.74. The van der Waals surface area contributed by atoms with Crippen molar-refractivity contribution >= 4 is 21.4 Å². The molecule has 5 nitrogen and oxygen atoms in total. The molecular weight excluding hydrogens is 298 g/mol. The lowest BCUT2D eigenvalue weighted by molar-refractivity contribution is -0.135. The molecule has 0 saturated carbocycles. The highest BCUT2D eigenvalue weighted by atomic mass is 28.3. The minimum absolute atomic E-state index is 0.00703. The predicted octanol–water partition coefficient (Wildman–Crippen LogP) is 3.18. The molecule has 1 rings (SSSR count). The SMILES string of the molecule is C[SiH](C)O[C@]1(C=O)C[C@H](C(C)(C)C)CN1C(=O)OC(C)(C)C. The summed E-state index contributed by atoms with van der Waals surface area (Å²) in [6.45, 7) is 16.3. The molecule has 1 aliphatic heterocycles. The van der Waals surface area contributed by atoms with Crippen LogP contribution in [0.15, 0.2) is 0 Å². The minimum atomic E-state index is -1.50. The molecule has 1 heterocycles. The summed E-state index contributed by atoms with van der Waals surface area (Å²) in [5.41, 5.74) is -1.77. The van der Waals surface area contributed by atoms with Gasteiger partial charge in [-0.2, -0.15) is 0 Å². The standard InChI is InChI=1S/C16H31NO4Si/c1-14(2,3)12-9-16(11-18,21-22(7)8)17(10-12)13(19)20-15(4,5)6/h11-12,22H,9-10H2,1-8H3/t12-,16-/m0/s1. The largest absolute Gasteiger partial charge is 0.444 e. The molecule has 128 valence electrons. The third-order valence-electron chi connectivity index (χ3n) is 3.86. The van der Waals surface area contributed by atoms with Crippen LogP contribution in [0.1, 0.15) is 48.0 Å². The van der Waals surface area contributed by atoms with Gasteiger partial charge >= 0.3 is 6.09 Å². The highest BCUT2D eigenvalue weighted by molar-refractivity contribution is 6.48. The minimum Gasteiger partial charge on any atom is -0.444 e. The molecule has 1 fully saturated rings. The summed E-state index contributed by atoms with van der Waals surface area (Å²) in [5.74, 6) is 0.193. The molecule has 0 aromatic rings. The summed E-state index contributed by atoms with van der Waals surface area (Å²) >= 11 is 0. The lowest BCUT2D eigenvalue weighted by Crippen LogP contribution is -2.53. The van der Waals surface area contributed by atoms with E-state index >= 15 is 0 Å². The number of carbonyl (C=O) groups excluding carboxylic acids is 2. The fraction of sp³-hybridized carbons (Fsp3) is 0.875. The van der Waals surface area contributed by atoms with Gasteiger partial charge in [-0.1, -0.05) is 20.8 Å². The summed E-state index contributed by atoms with van der Waals surface area (Å²) in [4.78, 5) is 25.9.